The highest BCUT2D eigenvalue weighted by Crippen LogP contribution is 2.24. The first-order chi connectivity index (χ1) is 8.04. The Kier molecular flexibility index (Phi) is 5.58. The quantitative estimate of drug-likeness (QED) is 0.821. The van der Waals surface area contributed by atoms with E-state index in [1.165, 1.54) is 6.07 Å². The molecule has 0 atom stereocenters. The van der Waals surface area contributed by atoms with E-state index in [1.807, 2.05) is 14.0 Å². The van der Waals surface area contributed by atoms with Gasteiger partial charge in [0.2, 0.25) is 5.91 Å². The molecule has 0 aliphatic heterocycles. The average Bonchev–Trinajstić information content (AvgIpc) is 2.26. The molecule has 0 unspecified atom stereocenters. The minimum Gasteiger partial charge on any atom is -0.326 e. The second-order valence-corrected chi connectivity index (χ2v) is 4.69. The number of carbonyl (C=O) groups excluding carboxylic acids is 1. The molecule has 0 saturated heterocycles. The van der Waals surface area contributed by atoms with Crippen molar-refractivity contribution < 1.29 is 9.18 Å². The van der Waals surface area contributed by atoms with E-state index in [-0.39, 0.29) is 11.7 Å². The summed E-state index contributed by atoms with van der Waals surface area (Å²) in [5.74, 6) is -0.466. The molecule has 1 amide bonds. The van der Waals surface area contributed by atoms with Crippen LogP contribution in [0.3, 0.4) is 0 Å². The van der Waals surface area contributed by atoms with Gasteiger partial charge in [-0.3, -0.25) is 4.79 Å². The SMILES string of the molecule is CNCCCC(=O)Nc1cc(F)c(Br)cc1C. The van der Waals surface area contributed by atoms with Crippen LogP contribution >= 0.6 is 15.9 Å². The average molecular weight is 303 g/mol. The van der Waals surface area contributed by atoms with E-state index in [2.05, 4.69) is 26.6 Å². The summed E-state index contributed by atoms with van der Waals surface area (Å²) >= 11 is 3.10. The van der Waals surface area contributed by atoms with Crippen molar-refractivity contribution in [3.8, 4) is 0 Å². The molecule has 0 heterocycles. The zero-order chi connectivity index (χ0) is 12.8. The predicted molar refractivity (Wildman–Crippen MR) is 70.6 cm³/mol. The standard InChI is InChI=1S/C12H16BrFN2O/c1-8-6-9(13)10(14)7-11(8)16-12(17)4-3-5-15-2/h6-7,15H,3-5H2,1-2H3,(H,16,17). The van der Waals surface area contributed by atoms with Crippen molar-refractivity contribution in [1.29, 1.82) is 0 Å². The molecule has 94 valence electrons. The van der Waals surface area contributed by atoms with Crippen LogP contribution in [0.4, 0.5) is 10.1 Å². The topological polar surface area (TPSA) is 41.1 Å². The second kappa shape index (κ2) is 6.71. The summed E-state index contributed by atoms with van der Waals surface area (Å²) in [5.41, 5.74) is 1.36. The zero-order valence-corrected chi connectivity index (χ0v) is 11.5. The molecule has 0 saturated carbocycles. The van der Waals surface area contributed by atoms with Crippen LogP contribution in [0.5, 0.6) is 0 Å². The van der Waals surface area contributed by atoms with Crippen LogP contribution in [0, 0.1) is 12.7 Å². The molecule has 0 bridgehead atoms. The van der Waals surface area contributed by atoms with Gasteiger partial charge in [-0.2, -0.15) is 0 Å². The molecule has 0 fully saturated rings. The summed E-state index contributed by atoms with van der Waals surface area (Å²) in [6.07, 6.45) is 1.19. The van der Waals surface area contributed by atoms with Crippen LogP contribution in [0.25, 0.3) is 0 Å². The third-order valence-electron chi connectivity index (χ3n) is 2.37. The minimum atomic E-state index is -0.374. The van der Waals surface area contributed by atoms with Gasteiger partial charge in [-0.1, -0.05) is 0 Å². The van der Waals surface area contributed by atoms with E-state index in [0.29, 0.717) is 16.6 Å². The molecule has 0 aliphatic rings. The largest absolute Gasteiger partial charge is 0.326 e. The zero-order valence-electron chi connectivity index (χ0n) is 9.94. The van der Waals surface area contributed by atoms with Crippen molar-refractivity contribution in [3.05, 3.63) is 28.0 Å². The Bertz CT molecular complexity index is 410. The number of benzene rings is 1. The maximum atomic E-state index is 13.3. The first-order valence-electron chi connectivity index (χ1n) is 5.44. The normalized spacial score (nSPS) is 10.4. The van der Waals surface area contributed by atoms with Crippen LogP contribution in [0.15, 0.2) is 16.6 Å². The molecule has 17 heavy (non-hydrogen) atoms. The number of halogens is 2. The highest BCUT2D eigenvalue weighted by atomic mass is 79.9. The Morgan fingerprint density at radius 2 is 2.18 bits per heavy atom. The molecule has 2 N–H and O–H groups in total. The van der Waals surface area contributed by atoms with Crippen LogP contribution < -0.4 is 10.6 Å². The third-order valence-corrected chi connectivity index (χ3v) is 2.98. The lowest BCUT2D eigenvalue weighted by atomic mass is 10.2. The fourth-order valence-electron chi connectivity index (χ4n) is 1.42. The molecule has 1 rings (SSSR count). The lowest BCUT2D eigenvalue weighted by molar-refractivity contribution is -0.116. The molecule has 1 aromatic carbocycles. The lowest BCUT2D eigenvalue weighted by Gasteiger charge is -2.09. The molecular weight excluding hydrogens is 287 g/mol. The number of nitrogens with one attached hydrogen (secondary N) is 2. The number of hydrogen-bond acceptors (Lipinski definition) is 2. The number of aryl methyl sites for hydroxylation is 1. The van der Waals surface area contributed by atoms with Gasteiger partial charge in [-0.15, -0.1) is 0 Å². The maximum absolute atomic E-state index is 13.3. The number of hydrogen-bond donors (Lipinski definition) is 2. The van der Waals surface area contributed by atoms with Crippen molar-refractivity contribution in [3.63, 3.8) is 0 Å². The predicted octanol–water partition coefficient (Wildman–Crippen LogP) is 2.83. The molecule has 1 aromatic rings. The van der Waals surface area contributed by atoms with Gasteiger partial charge in [0.25, 0.3) is 0 Å². The third kappa shape index (κ3) is 4.44. The molecular formula is C12H16BrFN2O. The summed E-state index contributed by atoms with van der Waals surface area (Å²) in [6, 6.07) is 2.98. The van der Waals surface area contributed by atoms with Crippen LogP contribution in [-0.4, -0.2) is 19.5 Å². The first kappa shape index (κ1) is 14.1. The lowest BCUT2D eigenvalue weighted by Crippen LogP contribution is -2.15. The Balaban J connectivity index is 2.62. The molecule has 3 nitrogen and oxygen atoms in total. The van der Waals surface area contributed by atoms with Crippen molar-refractivity contribution in [2.45, 2.75) is 19.8 Å². The molecule has 0 spiro atoms. The highest BCUT2D eigenvalue weighted by molar-refractivity contribution is 9.10. The van der Waals surface area contributed by atoms with E-state index < -0.39 is 0 Å². The highest BCUT2D eigenvalue weighted by Gasteiger charge is 2.08. The summed E-state index contributed by atoms with van der Waals surface area (Å²) < 4.78 is 13.7. The Labute approximate surface area is 109 Å². The molecule has 0 aromatic heterocycles. The van der Waals surface area contributed by atoms with Gasteiger partial charge in [0.05, 0.1) is 4.47 Å². The van der Waals surface area contributed by atoms with E-state index in [1.54, 1.807) is 6.07 Å². The van der Waals surface area contributed by atoms with Crippen LogP contribution in [-0.2, 0) is 4.79 Å². The summed E-state index contributed by atoms with van der Waals surface area (Å²) in [6.45, 7) is 2.62. The maximum Gasteiger partial charge on any atom is 0.224 e. The first-order valence-corrected chi connectivity index (χ1v) is 6.24. The smallest absolute Gasteiger partial charge is 0.224 e. The van der Waals surface area contributed by atoms with E-state index in [4.69, 9.17) is 0 Å². The van der Waals surface area contributed by atoms with Gasteiger partial charge < -0.3 is 10.6 Å². The van der Waals surface area contributed by atoms with Crippen LogP contribution in [0.1, 0.15) is 18.4 Å². The summed E-state index contributed by atoms with van der Waals surface area (Å²) in [5, 5.41) is 5.68. The van der Waals surface area contributed by atoms with Gasteiger partial charge in [0.15, 0.2) is 0 Å². The van der Waals surface area contributed by atoms with Crippen molar-refractivity contribution in [2.75, 3.05) is 18.9 Å². The van der Waals surface area contributed by atoms with E-state index in [9.17, 15) is 9.18 Å². The van der Waals surface area contributed by atoms with Gasteiger partial charge in [-0.25, -0.2) is 4.39 Å². The van der Waals surface area contributed by atoms with E-state index >= 15 is 0 Å². The van der Waals surface area contributed by atoms with E-state index in [0.717, 1.165) is 18.5 Å². The molecule has 0 aliphatic carbocycles. The molecule has 0 radical (unpaired) electrons. The van der Waals surface area contributed by atoms with Crippen LogP contribution in [0.2, 0.25) is 0 Å². The van der Waals surface area contributed by atoms with Gasteiger partial charge in [0.1, 0.15) is 5.82 Å². The number of amides is 1. The molecule has 5 heteroatoms. The summed E-state index contributed by atoms with van der Waals surface area (Å²) in [7, 11) is 1.84. The number of anilines is 1. The fraction of sp³-hybridized carbons (Fsp3) is 0.417. The van der Waals surface area contributed by atoms with Crippen molar-refractivity contribution in [2.24, 2.45) is 0 Å². The van der Waals surface area contributed by atoms with Crippen molar-refractivity contribution >= 4 is 27.5 Å². The van der Waals surface area contributed by atoms with Crippen molar-refractivity contribution in [1.82, 2.24) is 5.32 Å². The van der Waals surface area contributed by atoms with Gasteiger partial charge >= 0.3 is 0 Å². The van der Waals surface area contributed by atoms with Gasteiger partial charge in [0, 0.05) is 12.1 Å². The number of carbonyl (C=O) groups is 1. The minimum absolute atomic E-state index is 0.0925. The Morgan fingerprint density at radius 3 is 2.82 bits per heavy atom. The Morgan fingerprint density at radius 1 is 1.47 bits per heavy atom. The fourth-order valence-corrected chi connectivity index (χ4v) is 1.88. The Hall–Kier alpha value is -0.940. The monoisotopic (exact) mass is 302 g/mol. The van der Waals surface area contributed by atoms with Gasteiger partial charge in [-0.05, 0) is 60.6 Å². The second-order valence-electron chi connectivity index (χ2n) is 3.84. The number of rotatable bonds is 5. The summed E-state index contributed by atoms with van der Waals surface area (Å²) in [4.78, 5) is 11.6.